The van der Waals surface area contributed by atoms with Gasteiger partial charge in [0.05, 0.1) is 0 Å². The van der Waals surface area contributed by atoms with E-state index in [2.05, 4.69) is 10.4 Å². The third-order valence-electron chi connectivity index (χ3n) is 2.91. The fourth-order valence-corrected chi connectivity index (χ4v) is 2.35. The van der Waals surface area contributed by atoms with Gasteiger partial charge in [-0.15, -0.1) is 0 Å². The van der Waals surface area contributed by atoms with E-state index in [4.69, 9.17) is 29.0 Å². The zero-order valence-electron chi connectivity index (χ0n) is 10.3. The number of aromatic nitrogens is 1. The van der Waals surface area contributed by atoms with Gasteiger partial charge >= 0.3 is 0 Å². The molecular weight excluding hydrogens is 281 g/mol. The minimum atomic E-state index is 0.0835. The van der Waals surface area contributed by atoms with Crippen LogP contribution in [-0.2, 0) is 12.8 Å². The third kappa shape index (κ3) is 4.18. The van der Waals surface area contributed by atoms with E-state index in [0.29, 0.717) is 16.5 Å². The lowest BCUT2D eigenvalue weighted by Gasteiger charge is -2.16. The Hall–Kier alpha value is -1.13. The Bertz CT molecular complexity index is 531. The van der Waals surface area contributed by atoms with Crippen molar-refractivity contribution >= 4 is 23.2 Å². The number of nitrogens with two attached hydrogens (primary N) is 1. The van der Waals surface area contributed by atoms with Crippen LogP contribution in [0.15, 0.2) is 42.7 Å². The molecular formula is C14H15Cl2N3. The largest absolute Gasteiger partial charge is 0.271 e. The summed E-state index contributed by atoms with van der Waals surface area (Å²) in [5.41, 5.74) is 4.93. The fraction of sp³-hybridized carbons (Fsp3) is 0.214. The van der Waals surface area contributed by atoms with Gasteiger partial charge in [0, 0.05) is 28.5 Å². The van der Waals surface area contributed by atoms with Crippen molar-refractivity contribution in [3.8, 4) is 0 Å². The van der Waals surface area contributed by atoms with Gasteiger partial charge in [0.25, 0.3) is 0 Å². The van der Waals surface area contributed by atoms with Crippen molar-refractivity contribution in [2.45, 2.75) is 18.9 Å². The summed E-state index contributed by atoms with van der Waals surface area (Å²) in [6, 6.07) is 9.47. The molecule has 100 valence electrons. The molecule has 0 bridgehead atoms. The molecule has 0 aliphatic carbocycles. The Balaban J connectivity index is 2.09. The van der Waals surface area contributed by atoms with Crippen molar-refractivity contribution in [3.05, 3.63) is 63.9 Å². The molecule has 3 N–H and O–H groups in total. The number of hydrogen-bond donors (Lipinski definition) is 2. The molecule has 0 aliphatic heterocycles. The standard InChI is InChI=1S/C14H15Cl2N3/c15-12-3-4-14(16)11(7-12)8-13(19-17)6-10-2-1-5-18-9-10/h1-5,7,9,13,19H,6,8,17H2. The lowest BCUT2D eigenvalue weighted by Crippen LogP contribution is -2.38. The average Bonchev–Trinajstić information content (AvgIpc) is 2.43. The van der Waals surface area contributed by atoms with Crippen LogP contribution in [0.1, 0.15) is 11.1 Å². The van der Waals surface area contributed by atoms with Gasteiger partial charge in [0.2, 0.25) is 0 Å². The van der Waals surface area contributed by atoms with Gasteiger partial charge < -0.3 is 0 Å². The number of pyridine rings is 1. The van der Waals surface area contributed by atoms with Crippen LogP contribution in [0.5, 0.6) is 0 Å². The maximum Gasteiger partial charge on any atom is 0.0439 e. The first-order valence-corrected chi connectivity index (χ1v) is 6.73. The van der Waals surface area contributed by atoms with Gasteiger partial charge in [0.1, 0.15) is 0 Å². The van der Waals surface area contributed by atoms with Crippen LogP contribution in [-0.4, -0.2) is 11.0 Å². The maximum atomic E-state index is 6.16. The van der Waals surface area contributed by atoms with E-state index in [-0.39, 0.29) is 6.04 Å². The second-order valence-electron chi connectivity index (χ2n) is 4.37. The molecule has 2 rings (SSSR count). The topological polar surface area (TPSA) is 50.9 Å². The highest BCUT2D eigenvalue weighted by Gasteiger charge is 2.11. The lowest BCUT2D eigenvalue weighted by atomic mass is 10.0. The van der Waals surface area contributed by atoms with Crippen LogP contribution in [0.2, 0.25) is 10.0 Å². The first-order valence-electron chi connectivity index (χ1n) is 5.98. The maximum absolute atomic E-state index is 6.16. The molecule has 2 aromatic rings. The minimum absolute atomic E-state index is 0.0835. The molecule has 1 atom stereocenters. The monoisotopic (exact) mass is 295 g/mol. The summed E-state index contributed by atoms with van der Waals surface area (Å²) in [4.78, 5) is 4.09. The molecule has 0 radical (unpaired) electrons. The number of rotatable bonds is 5. The zero-order chi connectivity index (χ0) is 13.7. The van der Waals surface area contributed by atoms with Crippen molar-refractivity contribution < 1.29 is 0 Å². The van der Waals surface area contributed by atoms with E-state index in [1.54, 1.807) is 18.3 Å². The van der Waals surface area contributed by atoms with Crippen LogP contribution in [0.3, 0.4) is 0 Å². The van der Waals surface area contributed by atoms with Gasteiger partial charge in [-0.2, -0.15) is 0 Å². The Kier molecular flexibility index (Phi) is 5.16. The summed E-state index contributed by atoms with van der Waals surface area (Å²) < 4.78 is 0. The first kappa shape index (κ1) is 14.3. The highest BCUT2D eigenvalue weighted by Crippen LogP contribution is 2.22. The predicted octanol–water partition coefficient (Wildman–Crippen LogP) is 3.01. The molecule has 0 saturated heterocycles. The fourth-order valence-electron chi connectivity index (χ4n) is 1.96. The van der Waals surface area contributed by atoms with E-state index >= 15 is 0 Å². The van der Waals surface area contributed by atoms with E-state index in [1.807, 2.05) is 24.4 Å². The molecule has 0 spiro atoms. The summed E-state index contributed by atoms with van der Waals surface area (Å²) in [7, 11) is 0. The van der Waals surface area contributed by atoms with Crippen molar-refractivity contribution in [1.82, 2.24) is 10.4 Å². The molecule has 1 aromatic carbocycles. The quantitative estimate of drug-likeness (QED) is 0.658. The van der Waals surface area contributed by atoms with E-state index < -0.39 is 0 Å². The lowest BCUT2D eigenvalue weighted by molar-refractivity contribution is 0.522. The van der Waals surface area contributed by atoms with Gasteiger partial charge in [-0.3, -0.25) is 16.3 Å². The number of nitrogens with one attached hydrogen (secondary N) is 1. The highest BCUT2D eigenvalue weighted by molar-refractivity contribution is 6.33. The second-order valence-corrected chi connectivity index (χ2v) is 5.21. The van der Waals surface area contributed by atoms with E-state index in [9.17, 15) is 0 Å². The molecule has 0 fully saturated rings. The highest BCUT2D eigenvalue weighted by atomic mass is 35.5. The van der Waals surface area contributed by atoms with E-state index in [1.165, 1.54) is 0 Å². The van der Waals surface area contributed by atoms with Crippen LogP contribution in [0.25, 0.3) is 0 Å². The number of hydrazine groups is 1. The SMILES string of the molecule is NNC(Cc1cccnc1)Cc1cc(Cl)ccc1Cl. The summed E-state index contributed by atoms with van der Waals surface area (Å²) in [6.45, 7) is 0. The van der Waals surface area contributed by atoms with Gasteiger partial charge in [-0.25, -0.2) is 0 Å². The normalized spacial score (nSPS) is 12.4. The van der Waals surface area contributed by atoms with Crippen molar-refractivity contribution in [2.24, 2.45) is 5.84 Å². The van der Waals surface area contributed by atoms with Crippen LogP contribution in [0.4, 0.5) is 0 Å². The molecule has 1 heterocycles. The summed E-state index contributed by atoms with van der Waals surface area (Å²) in [5, 5.41) is 1.38. The Labute approximate surface area is 122 Å². The first-order chi connectivity index (χ1) is 9.19. The number of benzene rings is 1. The van der Waals surface area contributed by atoms with Gasteiger partial charge in [0.15, 0.2) is 0 Å². The zero-order valence-corrected chi connectivity index (χ0v) is 11.8. The molecule has 0 amide bonds. The number of hydrogen-bond acceptors (Lipinski definition) is 3. The van der Waals surface area contributed by atoms with Crippen molar-refractivity contribution in [2.75, 3.05) is 0 Å². The van der Waals surface area contributed by atoms with E-state index in [0.717, 1.165) is 17.5 Å². The van der Waals surface area contributed by atoms with Gasteiger partial charge in [-0.1, -0.05) is 29.3 Å². The molecule has 19 heavy (non-hydrogen) atoms. The summed E-state index contributed by atoms with van der Waals surface area (Å²) >= 11 is 12.1. The van der Waals surface area contributed by atoms with Crippen molar-refractivity contribution in [3.63, 3.8) is 0 Å². The number of nitrogens with zero attached hydrogens (tertiary/aromatic N) is 1. The minimum Gasteiger partial charge on any atom is -0.271 e. The third-order valence-corrected chi connectivity index (χ3v) is 3.52. The van der Waals surface area contributed by atoms with Crippen LogP contribution in [0, 0.1) is 0 Å². The Morgan fingerprint density at radius 1 is 1.21 bits per heavy atom. The predicted molar refractivity (Wildman–Crippen MR) is 79.2 cm³/mol. The molecule has 1 unspecified atom stereocenters. The molecule has 5 heteroatoms. The molecule has 1 aromatic heterocycles. The Morgan fingerprint density at radius 2 is 2.05 bits per heavy atom. The van der Waals surface area contributed by atoms with Crippen LogP contribution < -0.4 is 11.3 Å². The smallest absolute Gasteiger partial charge is 0.0439 e. The Morgan fingerprint density at radius 3 is 2.74 bits per heavy atom. The average molecular weight is 296 g/mol. The van der Waals surface area contributed by atoms with Crippen molar-refractivity contribution in [1.29, 1.82) is 0 Å². The second kappa shape index (κ2) is 6.87. The van der Waals surface area contributed by atoms with Gasteiger partial charge in [-0.05, 0) is 48.2 Å². The number of halogens is 2. The summed E-state index contributed by atoms with van der Waals surface area (Å²) in [5.74, 6) is 5.61. The van der Waals surface area contributed by atoms with Crippen LogP contribution >= 0.6 is 23.2 Å². The molecule has 0 saturated carbocycles. The summed E-state index contributed by atoms with van der Waals surface area (Å²) in [6.07, 6.45) is 5.09. The molecule has 3 nitrogen and oxygen atoms in total. The molecule has 0 aliphatic rings.